The number of nitriles is 1. The molecule has 0 aliphatic heterocycles. The Kier molecular flexibility index (Phi) is 6.28. The van der Waals surface area contributed by atoms with Crippen LogP contribution >= 0.6 is 0 Å². The molecule has 0 bridgehead atoms. The van der Waals surface area contributed by atoms with Gasteiger partial charge in [-0.15, -0.1) is 0 Å². The van der Waals surface area contributed by atoms with Gasteiger partial charge in [-0.2, -0.15) is 5.26 Å². The first-order chi connectivity index (χ1) is 11.9. The van der Waals surface area contributed by atoms with E-state index in [4.69, 9.17) is 5.26 Å². The van der Waals surface area contributed by atoms with Gasteiger partial charge in [-0.05, 0) is 36.8 Å². The number of carbonyl (C=O) groups is 1. The molecule has 1 atom stereocenters. The number of hydrogen-bond donors (Lipinski definition) is 2. The van der Waals surface area contributed by atoms with Gasteiger partial charge < -0.3 is 5.32 Å². The van der Waals surface area contributed by atoms with E-state index in [1.807, 2.05) is 43.3 Å². The summed E-state index contributed by atoms with van der Waals surface area (Å²) in [5, 5.41) is 11.3. The maximum atomic E-state index is 12.3. The van der Waals surface area contributed by atoms with Crippen LogP contribution in [0.4, 0.5) is 0 Å². The van der Waals surface area contributed by atoms with Crippen LogP contribution in [0, 0.1) is 11.3 Å². The van der Waals surface area contributed by atoms with Crippen LogP contribution in [-0.2, 0) is 10.0 Å². The smallest absolute Gasteiger partial charge is 0.251 e. The Bertz CT molecular complexity index is 857. The van der Waals surface area contributed by atoms with Crippen LogP contribution < -0.4 is 10.0 Å². The highest BCUT2D eigenvalue weighted by atomic mass is 32.2. The minimum atomic E-state index is -3.67. The largest absolute Gasteiger partial charge is 0.346 e. The molecule has 1 unspecified atom stereocenters. The van der Waals surface area contributed by atoms with Crippen molar-refractivity contribution in [3.63, 3.8) is 0 Å². The van der Waals surface area contributed by atoms with E-state index in [1.54, 1.807) is 0 Å². The van der Waals surface area contributed by atoms with Gasteiger partial charge in [0.25, 0.3) is 5.91 Å². The summed E-state index contributed by atoms with van der Waals surface area (Å²) < 4.78 is 26.4. The molecule has 25 heavy (non-hydrogen) atoms. The van der Waals surface area contributed by atoms with Gasteiger partial charge >= 0.3 is 0 Å². The standard InChI is InChI=1S/C18H19N3O3S/c1-14(15-6-3-2-4-7-15)21-18(22)16-8-10-17(11-9-16)25(23,24)20-13-5-12-19/h2-4,6-11,14,20H,5,13H2,1H3,(H,21,22). The van der Waals surface area contributed by atoms with Crippen molar-refractivity contribution in [2.45, 2.75) is 24.3 Å². The predicted molar refractivity (Wildman–Crippen MR) is 94.2 cm³/mol. The van der Waals surface area contributed by atoms with Gasteiger partial charge in [-0.3, -0.25) is 4.79 Å². The fourth-order valence-corrected chi connectivity index (χ4v) is 3.25. The van der Waals surface area contributed by atoms with Crippen molar-refractivity contribution in [1.82, 2.24) is 10.0 Å². The van der Waals surface area contributed by atoms with Crippen molar-refractivity contribution in [2.75, 3.05) is 6.54 Å². The van der Waals surface area contributed by atoms with Crippen LogP contribution in [0.3, 0.4) is 0 Å². The quantitative estimate of drug-likeness (QED) is 0.743. The second-order valence-corrected chi connectivity index (χ2v) is 7.20. The summed E-state index contributed by atoms with van der Waals surface area (Å²) in [6, 6.07) is 16.9. The van der Waals surface area contributed by atoms with Crippen LogP contribution in [0.25, 0.3) is 0 Å². The van der Waals surface area contributed by atoms with Crippen LogP contribution in [0.15, 0.2) is 59.5 Å². The molecule has 0 aliphatic rings. The summed E-state index contributed by atoms with van der Waals surface area (Å²) in [5.41, 5.74) is 1.36. The molecule has 0 aliphatic carbocycles. The zero-order valence-electron chi connectivity index (χ0n) is 13.8. The summed E-state index contributed by atoms with van der Waals surface area (Å²) in [4.78, 5) is 12.3. The summed E-state index contributed by atoms with van der Waals surface area (Å²) in [6.45, 7) is 1.93. The number of benzene rings is 2. The first-order valence-electron chi connectivity index (χ1n) is 7.76. The minimum Gasteiger partial charge on any atom is -0.346 e. The average Bonchev–Trinajstić information content (AvgIpc) is 2.62. The number of sulfonamides is 1. The van der Waals surface area contributed by atoms with Crippen molar-refractivity contribution in [3.05, 3.63) is 65.7 Å². The third-order valence-electron chi connectivity index (χ3n) is 3.60. The number of rotatable bonds is 7. The molecule has 0 fully saturated rings. The minimum absolute atomic E-state index is 0.0513. The molecule has 2 rings (SSSR count). The predicted octanol–water partition coefficient (Wildman–Crippen LogP) is 2.37. The highest BCUT2D eigenvalue weighted by Gasteiger charge is 2.15. The van der Waals surface area contributed by atoms with E-state index in [0.29, 0.717) is 5.56 Å². The molecular weight excluding hydrogens is 338 g/mol. The molecule has 0 saturated heterocycles. The van der Waals surface area contributed by atoms with Crippen LogP contribution in [0.2, 0.25) is 0 Å². The van der Waals surface area contributed by atoms with E-state index >= 15 is 0 Å². The van der Waals surface area contributed by atoms with E-state index in [-0.39, 0.29) is 29.8 Å². The van der Waals surface area contributed by atoms with Crippen molar-refractivity contribution in [1.29, 1.82) is 5.26 Å². The maximum Gasteiger partial charge on any atom is 0.251 e. The van der Waals surface area contributed by atoms with Crippen LogP contribution in [-0.4, -0.2) is 20.9 Å². The lowest BCUT2D eigenvalue weighted by Crippen LogP contribution is -2.27. The Morgan fingerprint density at radius 3 is 2.36 bits per heavy atom. The van der Waals surface area contributed by atoms with Gasteiger partial charge in [-0.1, -0.05) is 30.3 Å². The number of hydrogen-bond acceptors (Lipinski definition) is 4. The Hall–Kier alpha value is -2.69. The molecule has 0 spiro atoms. The topological polar surface area (TPSA) is 99.1 Å². The zero-order valence-corrected chi connectivity index (χ0v) is 14.6. The van der Waals surface area contributed by atoms with Gasteiger partial charge in [0.2, 0.25) is 10.0 Å². The van der Waals surface area contributed by atoms with Crippen LogP contribution in [0.5, 0.6) is 0 Å². The van der Waals surface area contributed by atoms with Crippen molar-refractivity contribution in [2.24, 2.45) is 0 Å². The molecule has 6 nitrogen and oxygen atoms in total. The third kappa shape index (κ3) is 5.14. The zero-order chi connectivity index (χ0) is 18.3. The molecule has 7 heteroatoms. The highest BCUT2D eigenvalue weighted by molar-refractivity contribution is 7.89. The van der Waals surface area contributed by atoms with Gasteiger partial charge in [0, 0.05) is 18.5 Å². The van der Waals surface area contributed by atoms with E-state index in [9.17, 15) is 13.2 Å². The van der Waals surface area contributed by atoms with Gasteiger partial charge in [0.15, 0.2) is 0 Å². The SMILES string of the molecule is CC(NC(=O)c1ccc(S(=O)(=O)NCCC#N)cc1)c1ccccc1. The van der Waals surface area contributed by atoms with E-state index in [2.05, 4.69) is 10.0 Å². The Labute approximate surface area is 147 Å². The van der Waals surface area contributed by atoms with E-state index in [1.165, 1.54) is 24.3 Å². The molecule has 2 aromatic carbocycles. The van der Waals surface area contributed by atoms with E-state index < -0.39 is 10.0 Å². The normalized spacial score (nSPS) is 12.2. The van der Waals surface area contributed by atoms with Crippen molar-refractivity contribution < 1.29 is 13.2 Å². The van der Waals surface area contributed by atoms with Gasteiger partial charge in [0.05, 0.1) is 17.0 Å². The molecule has 0 radical (unpaired) electrons. The molecule has 2 N–H and O–H groups in total. The number of nitrogens with one attached hydrogen (secondary N) is 2. The summed E-state index contributed by atoms with van der Waals surface area (Å²) >= 11 is 0. The monoisotopic (exact) mass is 357 g/mol. The summed E-state index contributed by atoms with van der Waals surface area (Å²) in [7, 11) is -3.67. The Balaban J connectivity index is 2.04. The highest BCUT2D eigenvalue weighted by Crippen LogP contribution is 2.14. The number of carbonyl (C=O) groups excluding carboxylic acids is 1. The number of amides is 1. The Morgan fingerprint density at radius 2 is 1.76 bits per heavy atom. The molecule has 0 heterocycles. The molecule has 0 aromatic heterocycles. The Morgan fingerprint density at radius 1 is 1.12 bits per heavy atom. The molecule has 0 saturated carbocycles. The van der Waals surface area contributed by atoms with Gasteiger partial charge in [-0.25, -0.2) is 13.1 Å². The molecule has 130 valence electrons. The third-order valence-corrected chi connectivity index (χ3v) is 5.08. The molecule has 1 amide bonds. The lowest BCUT2D eigenvalue weighted by Gasteiger charge is -2.14. The van der Waals surface area contributed by atoms with E-state index in [0.717, 1.165) is 5.56 Å². The summed E-state index contributed by atoms with van der Waals surface area (Å²) in [6.07, 6.45) is 0.0943. The fraction of sp³-hybridized carbons (Fsp3) is 0.222. The molecule has 2 aromatic rings. The second kappa shape index (κ2) is 8.42. The van der Waals surface area contributed by atoms with Crippen LogP contribution in [0.1, 0.15) is 35.3 Å². The number of nitrogens with zero attached hydrogens (tertiary/aromatic N) is 1. The maximum absolute atomic E-state index is 12.3. The fourth-order valence-electron chi connectivity index (χ4n) is 2.22. The average molecular weight is 357 g/mol. The van der Waals surface area contributed by atoms with Crippen molar-refractivity contribution in [3.8, 4) is 6.07 Å². The lowest BCUT2D eigenvalue weighted by molar-refractivity contribution is 0.0940. The summed E-state index contributed by atoms with van der Waals surface area (Å²) in [5.74, 6) is -0.280. The van der Waals surface area contributed by atoms with Crippen molar-refractivity contribution >= 4 is 15.9 Å². The lowest BCUT2D eigenvalue weighted by atomic mass is 10.1. The van der Waals surface area contributed by atoms with Gasteiger partial charge in [0.1, 0.15) is 0 Å². The molecular formula is C18H19N3O3S. The first-order valence-corrected chi connectivity index (χ1v) is 9.25. The second-order valence-electron chi connectivity index (χ2n) is 5.44. The first kappa shape index (κ1) is 18.6.